The van der Waals surface area contributed by atoms with Crippen LogP contribution in [-0.4, -0.2) is 17.6 Å². The molecule has 0 spiro atoms. The van der Waals surface area contributed by atoms with Crippen molar-refractivity contribution >= 4 is 5.91 Å². The van der Waals surface area contributed by atoms with Crippen molar-refractivity contribution in [3.05, 3.63) is 64.7 Å². The molecule has 2 aromatic carbocycles. The molecule has 2 aromatic rings. The molecular formula is C17H19NO2. The third kappa shape index (κ3) is 3.60. The maximum absolute atomic E-state index is 12.1. The number of hydrogen-bond acceptors (Lipinski definition) is 2. The number of amides is 1. The van der Waals surface area contributed by atoms with Crippen molar-refractivity contribution in [3.63, 3.8) is 0 Å². The van der Waals surface area contributed by atoms with Crippen LogP contribution in [0.1, 0.15) is 27.0 Å². The van der Waals surface area contributed by atoms with E-state index in [9.17, 15) is 9.90 Å². The summed E-state index contributed by atoms with van der Waals surface area (Å²) < 4.78 is 0. The van der Waals surface area contributed by atoms with Crippen LogP contribution < -0.4 is 5.32 Å². The number of phenolic OH excluding ortho intramolecular Hbond substituents is 1. The predicted molar refractivity (Wildman–Crippen MR) is 80.1 cm³/mol. The molecule has 3 heteroatoms. The summed E-state index contributed by atoms with van der Waals surface area (Å²) in [4.78, 5) is 12.1. The number of carbonyl (C=O) groups excluding carboxylic acids is 1. The number of nitrogens with one attached hydrogen (secondary N) is 1. The van der Waals surface area contributed by atoms with Crippen LogP contribution >= 0.6 is 0 Å². The summed E-state index contributed by atoms with van der Waals surface area (Å²) in [5, 5.41) is 12.1. The molecule has 0 unspecified atom stereocenters. The van der Waals surface area contributed by atoms with Crippen molar-refractivity contribution in [1.82, 2.24) is 5.32 Å². The van der Waals surface area contributed by atoms with E-state index in [0.717, 1.165) is 28.7 Å². The van der Waals surface area contributed by atoms with Crippen LogP contribution in [0.4, 0.5) is 0 Å². The molecule has 3 nitrogen and oxygen atoms in total. The standard InChI is InChI=1S/C17H19NO2/c1-12-3-4-13(2)16(11-12)17(20)18-10-9-14-5-7-15(19)8-6-14/h3-8,11,19H,9-10H2,1-2H3,(H,18,20). The molecule has 20 heavy (non-hydrogen) atoms. The Bertz CT molecular complexity index is 603. The Morgan fingerprint density at radius 3 is 2.50 bits per heavy atom. The quantitative estimate of drug-likeness (QED) is 0.896. The molecule has 0 aliphatic heterocycles. The van der Waals surface area contributed by atoms with Gasteiger partial charge >= 0.3 is 0 Å². The van der Waals surface area contributed by atoms with Crippen molar-refractivity contribution in [2.24, 2.45) is 0 Å². The second-order valence-corrected chi connectivity index (χ2v) is 4.99. The lowest BCUT2D eigenvalue weighted by atomic mass is 10.0. The van der Waals surface area contributed by atoms with Gasteiger partial charge in [0.15, 0.2) is 0 Å². The van der Waals surface area contributed by atoms with Gasteiger partial charge in [-0.1, -0.05) is 29.8 Å². The maximum Gasteiger partial charge on any atom is 0.251 e. The zero-order chi connectivity index (χ0) is 14.5. The van der Waals surface area contributed by atoms with Gasteiger partial charge in [-0.05, 0) is 49.6 Å². The molecule has 2 rings (SSSR count). The zero-order valence-electron chi connectivity index (χ0n) is 11.8. The van der Waals surface area contributed by atoms with E-state index >= 15 is 0 Å². The molecule has 0 aromatic heterocycles. The second kappa shape index (κ2) is 6.24. The molecule has 0 fully saturated rings. The molecule has 0 aliphatic rings. The summed E-state index contributed by atoms with van der Waals surface area (Å²) in [5.74, 6) is 0.221. The normalized spacial score (nSPS) is 10.3. The molecule has 2 N–H and O–H groups in total. The second-order valence-electron chi connectivity index (χ2n) is 4.99. The van der Waals surface area contributed by atoms with E-state index < -0.39 is 0 Å². The first-order valence-electron chi connectivity index (χ1n) is 6.69. The van der Waals surface area contributed by atoms with Gasteiger partial charge in [0.05, 0.1) is 0 Å². The molecule has 0 saturated heterocycles. The third-order valence-electron chi connectivity index (χ3n) is 3.27. The number of aromatic hydroxyl groups is 1. The lowest BCUT2D eigenvalue weighted by molar-refractivity contribution is 0.0953. The molecule has 0 aliphatic carbocycles. The minimum atomic E-state index is -0.0371. The number of aryl methyl sites for hydroxylation is 2. The van der Waals surface area contributed by atoms with Crippen LogP contribution in [0.5, 0.6) is 5.75 Å². The van der Waals surface area contributed by atoms with Crippen molar-refractivity contribution in [2.45, 2.75) is 20.3 Å². The molecule has 0 atom stereocenters. The van der Waals surface area contributed by atoms with E-state index in [1.165, 1.54) is 0 Å². The van der Waals surface area contributed by atoms with Gasteiger partial charge in [-0.3, -0.25) is 4.79 Å². The molecule has 0 radical (unpaired) electrons. The van der Waals surface area contributed by atoms with Crippen molar-refractivity contribution in [2.75, 3.05) is 6.54 Å². The van der Waals surface area contributed by atoms with Crippen molar-refractivity contribution in [1.29, 1.82) is 0 Å². The molecule has 0 heterocycles. The Balaban J connectivity index is 1.92. The zero-order valence-corrected chi connectivity index (χ0v) is 11.8. The summed E-state index contributed by atoms with van der Waals surface area (Å²) >= 11 is 0. The summed E-state index contributed by atoms with van der Waals surface area (Å²) in [6, 6.07) is 12.9. The van der Waals surface area contributed by atoms with Crippen LogP contribution in [0.15, 0.2) is 42.5 Å². The number of phenols is 1. The Morgan fingerprint density at radius 2 is 1.80 bits per heavy atom. The fraction of sp³-hybridized carbons (Fsp3) is 0.235. The Kier molecular flexibility index (Phi) is 4.41. The first-order valence-corrected chi connectivity index (χ1v) is 6.69. The molecular weight excluding hydrogens is 250 g/mol. The van der Waals surface area contributed by atoms with Crippen LogP contribution in [0, 0.1) is 13.8 Å². The van der Waals surface area contributed by atoms with Crippen LogP contribution in [0.2, 0.25) is 0 Å². The van der Waals surface area contributed by atoms with Crippen molar-refractivity contribution < 1.29 is 9.90 Å². The van der Waals surface area contributed by atoms with E-state index in [2.05, 4.69) is 5.32 Å². The predicted octanol–water partition coefficient (Wildman–Crippen LogP) is 2.98. The SMILES string of the molecule is Cc1ccc(C)c(C(=O)NCCc2ccc(O)cc2)c1. The van der Waals surface area contributed by atoms with Gasteiger partial charge in [-0.15, -0.1) is 0 Å². The largest absolute Gasteiger partial charge is 0.508 e. The van der Waals surface area contributed by atoms with E-state index in [-0.39, 0.29) is 11.7 Å². The van der Waals surface area contributed by atoms with Gasteiger partial charge in [0, 0.05) is 12.1 Å². The van der Waals surface area contributed by atoms with E-state index in [4.69, 9.17) is 0 Å². The summed E-state index contributed by atoms with van der Waals surface area (Å²) in [5.41, 5.74) is 3.89. The smallest absolute Gasteiger partial charge is 0.251 e. The lowest BCUT2D eigenvalue weighted by Crippen LogP contribution is -2.26. The highest BCUT2D eigenvalue weighted by molar-refractivity contribution is 5.95. The molecule has 1 amide bonds. The monoisotopic (exact) mass is 269 g/mol. The Labute approximate surface area is 119 Å². The average Bonchev–Trinajstić information content (AvgIpc) is 2.43. The highest BCUT2D eigenvalue weighted by atomic mass is 16.3. The minimum absolute atomic E-state index is 0.0371. The highest BCUT2D eigenvalue weighted by Gasteiger charge is 2.08. The molecule has 0 bridgehead atoms. The molecule has 0 saturated carbocycles. The maximum atomic E-state index is 12.1. The number of carbonyl (C=O) groups is 1. The topological polar surface area (TPSA) is 49.3 Å². The first-order chi connectivity index (χ1) is 9.56. The lowest BCUT2D eigenvalue weighted by Gasteiger charge is -2.08. The van der Waals surface area contributed by atoms with Gasteiger partial charge < -0.3 is 10.4 Å². The van der Waals surface area contributed by atoms with Gasteiger partial charge in [0.1, 0.15) is 5.75 Å². The minimum Gasteiger partial charge on any atom is -0.508 e. The summed E-state index contributed by atoms with van der Waals surface area (Å²) in [6.45, 7) is 4.50. The van der Waals surface area contributed by atoms with E-state index in [1.807, 2.05) is 44.2 Å². The summed E-state index contributed by atoms with van der Waals surface area (Å²) in [6.07, 6.45) is 0.747. The third-order valence-corrected chi connectivity index (χ3v) is 3.27. The van der Waals surface area contributed by atoms with Crippen molar-refractivity contribution in [3.8, 4) is 5.75 Å². The van der Waals surface area contributed by atoms with E-state index in [1.54, 1.807) is 12.1 Å². The fourth-order valence-corrected chi connectivity index (χ4v) is 2.06. The number of benzene rings is 2. The molecule has 104 valence electrons. The first kappa shape index (κ1) is 14.1. The van der Waals surface area contributed by atoms with Crippen LogP contribution in [-0.2, 0) is 6.42 Å². The Hall–Kier alpha value is -2.29. The van der Waals surface area contributed by atoms with Gasteiger partial charge in [0.2, 0.25) is 0 Å². The van der Waals surface area contributed by atoms with Gasteiger partial charge in [0.25, 0.3) is 5.91 Å². The van der Waals surface area contributed by atoms with Gasteiger partial charge in [-0.25, -0.2) is 0 Å². The average molecular weight is 269 g/mol. The number of hydrogen-bond donors (Lipinski definition) is 2. The highest BCUT2D eigenvalue weighted by Crippen LogP contribution is 2.11. The Morgan fingerprint density at radius 1 is 1.10 bits per heavy atom. The number of rotatable bonds is 4. The van der Waals surface area contributed by atoms with Gasteiger partial charge in [-0.2, -0.15) is 0 Å². The fourth-order valence-electron chi connectivity index (χ4n) is 2.06. The van der Waals surface area contributed by atoms with E-state index in [0.29, 0.717) is 6.54 Å². The van der Waals surface area contributed by atoms with Crippen LogP contribution in [0.3, 0.4) is 0 Å². The summed E-state index contributed by atoms with van der Waals surface area (Å²) in [7, 11) is 0. The van der Waals surface area contributed by atoms with Crippen LogP contribution in [0.25, 0.3) is 0 Å².